The average Bonchev–Trinajstić information content (AvgIpc) is 2.76. The molecule has 0 aliphatic carbocycles. The van der Waals surface area contributed by atoms with Crippen LogP contribution in [0.3, 0.4) is 0 Å². The predicted octanol–water partition coefficient (Wildman–Crippen LogP) is 2.60. The van der Waals surface area contributed by atoms with Gasteiger partial charge in [0.25, 0.3) is 0 Å². The first kappa shape index (κ1) is 15.3. The number of rotatable bonds is 5. The van der Waals surface area contributed by atoms with Gasteiger partial charge >= 0.3 is 0 Å². The number of carbonyl (C=O) groups is 1. The van der Waals surface area contributed by atoms with E-state index >= 15 is 0 Å². The fourth-order valence-electron chi connectivity index (χ4n) is 1.73. The van der Waals surface area contributed by atoms with Gasteiger partial charge in [-0.3, -0.25) is 14.5 Å². The molecule has 2 rings (SSSR count). The predicted molar refractivity (Wildman–Crippen MR) is 83.9 cm³/mol. The topological polar surface area (TPSA) is 51.0 Å². The van der Waals surface area contributed by atoms with Gasteiger partial charge in [-0.1, -0.05) is 0 Å². The summed E-state index contributed by atoms with van der Waals surface area (Å²) in [5, 5.41) is 4.25. The Morgan fingerprint density at radius 2 is 2.05 bits per heavy atom. The van der Waals surface area contributed by atoms with Crippen molar-refractivity contribution >= 4 is 37.6 Å². The van der Waals surface area contributed by atoms with Gasteiger partial charge in [-0.2, -0.15) is 5.10 Å². The van der Waals surface area contributed by atoms with E-state index in [4.69, 9.17) is 0 Å². The summed E-state index contributed by atoms with van der Waals surface area (Å²) in [7, 11) is 3.97. The van der Waals surface area contributed by atoms with E-state index in [0.29, 0.717) is 22.3 Å². The number of pyridine rings is 1. The Morgan fingerprint density at radius 3 is 2.70 bits per heavy atom. The van der Waals surface area contributed by atoms with Crippen molar-refractivity contribution in [1.82, 2.24) is 19.7 Å². The van der Waals surface area contributed by atoms with Gasteiger partial charge in [-0.05, 0) is 52.0 Å². The lowest BCUT2D eigenvalue weighted by Gasteiger charge is -2.11. The van der Waals surface area contributed by atoms with E-state index in [0.717, 1.165) is 11.0 Å². The standard InChI is InChI=1S/C13H14Br2N4O/c1-18(2)3-4-19-12(11(15)8-17-19)13(20)9-5-10(14)7-16-6-9/h5-8H,3-4H2,1-2H3. The first-order valence-corrected chi connectivity index (χ1v) is 7.59. The molecule has 0 N–H and O–H groups in total. The molecule has 2 heterocycles. The molecule has 0 saturated heterocycles. The van der Waals surface area contributed by atoms with Crippen molar-refractivity contribution in [2.75, 3.05) is 20.6 Å². The number of aromatic nitrogens is 3. The molecule has 20 heavy (non-hydrogen) atoms. The SMILES string of the molecule is CN(C)CCn1ncc(Br)c1C(=O)c1cncc(Br)c1. The van der Waals surface area contributed by atoms with Crippen molar-refractivity contribution in [1.29, 1.82) is 0 Å². The highest BCUT2D eigenvalue weighted by atomic mass is 79.9. The molecular weight excluding hydrogens is 388 g/mol. The third-order valence-electron chi connectivity index (χ3n) is 2.74. The average molecular weight is 402 g/mol. The number of halogens is 2. The molecule has 7 heteroatoms. The molecule has 0 aliphatic heterocycles. The van der Waals surface area contributed by atoms with Crippen LogP contribution in [0, 0.1) is 0 Å². The van der Waals surface area contributed by atoms with Crippen LogP contribution in [0.25, 0.3) is 0 Å². The molecule has 0 radical (unpaired) electrons. The molecule has 106 valence electrons. The Bertz CT molecular complexity index is 625. The lowest BCUT2D eigenvalue weighted by Crippen LogP contribution is -2.21. The van der Waals surface area contributed by atoms with E-state index in [9.17, 15) is 4.79 Å². The molecule has 0 amide bonds. The zero-order valence-electron chi connectivity index (χ0n) is 11.2. The lowest BCUT2D eigenvalue weighted by molar-refractivity contribution is 0.102. The number of ketones is 1. The molecule has 0 saturated carbocycles. The van der Waals surface area contributed by atoms with Crippen LogP contribution in [0.4, 0.5) is 0 Å². The summed E-state index contributed by atoms with van der Waals surface area (Å²) >= 11 is 6.72. The van der Waals surface area contributed by atoms with Gasteiger partial charge in [-0.15, -0.1) is 0 Å². The molecule has 0 fully saturated rings. The van der Waals surface area contributed by atoms with E-state index in [-0.39, 0.29) is 5.78 Å². The summed E-state index contributed by atoms with van der Waals surface area (Å²) in [4.78, 5) is 18.7. The summed E-state index contributed by atoms with van der Waals surface area (Å²) in [5.74, 6) is -0.0954. The minimum Gasteiger partial charge on any atom is -0.308 e. The van der Waals surface area contributed by atoms with Crippen molar-refractivity contribution in [2.45, 2.75) is 6.54 Å². The fourth-order valence-corrected chi connectivity index (χ4v) is 2.57. The molecule has 0 unspecified atom stereocenters. The third-order valence-corrected chi connectivity index (χ3v) is 3.75. The van der Waals surface area contributed by atoms with Gasteiger partial charge in [0.15, 0.2) is 0 Å². The van der Waals surface area contributed by atoms with Gasteiger partial charge < -0.3 is 4.90 Å². The maximum absolute atomic E-state index is 12.6. The number of hydrogen-bond acceptors (Lipinski definition) is 4. The highest BCUT2D eigenvalue weighted by molar-refractivity contribution is 9.10. The summed E-state index contributed by atoms with van der Waals surface area (Å²) < 4.78 is 3.19. The Kier molecular flexibility index (Phi) is 5.06. The molecule has 0 atom stereocenters. The second kappa shape index (κ2) is 6.60. The largest absolute Gasteiger partial charge is 0.308 e. The molecule has 0 bridgehead atoms. The quantitative estimate of drug-likeness (QED) is 0.722. The number of hydrogen-bond donors (Lipinski definition) is 0. The van der Waals surface area contributed by atoms with E-state index in [1.54, 1.807) is 29.3 Å². The van der Waals surface area contributed by atoms with Crippen molar-refractivity contribution in [3.05, 3.63) is 44.9 Å². The number of likely N-dealkylation sites (N-methyl/N-ethyl adjacent to an activating group) is 1. The zero-order chi connectivity index (χ0) is 14.7. The van der Waals surface area contributed by atoms with Crippen LogP contribution in [0.5, 0.6) is 0 Å². The molecule has 0 spiro atoms. The lowest BCUT2D eigenvalue weighted by atomic mass is 10.1. The smallest absolute Gasteiger partial charge is 0.213 e. The second-order valence-electron chi connectivity index (χ2n) is 4.59. The highest BCUT2D eigenvalue weighted by Gasteiger charge is 2.19. The Morgan fingerprint density at radius 1 is 1.30 bits per heavy atom. The van der Waals surface area contributed by atoms with Crippen molar-refractivity contribution in [3.8, 4) is 0 Å². The number of carbonyl (C=O) groups excluding carboxylic acids is 1. The molecule has 2 aromatic rings. The van der Waals surface area contributed by atoms with Crippen LogP contribution in [-0.4, -0.2) is 46.1 Å². The van der Waals surface area contributed by atoms with E-state index in [1.807, 2.05) is 19.0 Å². The van der Waals surface area contributed by atoms with Crippen LogP contribution in [-0.2, 0) is 6.54 Å². The molecule has 0 aromatic carbocycles. The first-order valence-electron chi connectivity index (χ1n) is 6.00. The third kappa shape index (κ3) is 3.53. The van der Waals surface area contributed by atoms with Gasteiger partial charge in [0.05, 0.1) is 17.2 Å². The zero-order valence-corrected chi connectivity index (χ0v) is 14.3. The van der Waals surface area contributed by atoms with Crippen molar-refractivity contribution in [2.24, 2.45) is 0 Å². The fraction of sp³-hybridized carbons (Fsp3) is 0.308. The van der Waals surface area contributed by atoms with Gasteiger partial charge in [-0.25, -0.2) is 0 Å². The van der Waals surface area contributed by atoms with Gasteiger partial charge in [0, 0.05) is 29.0 Å². The Balaban J connectivity index is 2.32. The minimum absolute atomic E-state index is 0.0954. The molecule has 5 nitrogen and oxygen atoms in total. The van der Waals surface area contributed by atoms with E-state index in [1.165, 1.54) is 0 Å². The van der Waals surface area contributed by atoms with Crippen LogP contribution in [0.15, 0.2) is 33.6 Å². The van der Waals surface area contributed by atoms with Crippen LogP contribution in [0.2, 0.25) is 0 Å². The highest BCUT2D eigenvalue weighted by Crippen LogP contribution is 2.21. The van der Waals surface area contributed by atoms with Gasteiger partial charge in [0.1, 0.15) is 5.69 Å². The van der Waals surface area contributed by atoms with E-state index < -0.39 is 0 Å². The molecule has 2 aromatic heterocycles. The maximum Gasteiger partial charge on any atom is 0.213 e. The first-order chi connectivity index (χ1) is 9.49. The summed E-state index contributed by atoms with van der Waals surface area (Å²) in [5.41, 5.74) is 1.08. The summed E-state index contributed by atoms with van der Waals surface area (Å²) in [6.07, 6.45) is 4.85. The number of nitrogens with zero attached hydrogens (tertiary/aromatic N) is 4. The van der Waals surface area contributed by atoms with E-state index in [2.05, 4.69) is 41.9 Å². The Hall–Kier alpha value is -1.05. The molecule has 0 aliphatic rings. The molecular formula is C13H14Br2N4O. The minimum atomic E-state index is -0.0954. The summed E-state index contributed by atoms with van der Waals surface area (Å²) in [6.45, 7) is 1.46. The maximum atomic E-state index is 12.6. The van der Waals surface area contributed by atoms with Crippen LogP contribution >= 0.6 is 31.9 Å². The Labute approximate surface area is 134 Å². The van der Waals surface area contributed by atoms with Crippen molar-refractivity contribution in [3.63, 3.8) is 0 Å². The second-order valence-corrected chi connectivity index (χ2v) is 6.36. The normalized spacial score (nSPS) is 11.1. The monoisotopic (exact) mass is 400 g/mol. The van der Waals surface area contributed by atoms with Gasteiger partial charge in [0.2, 0.25) is 5.78 Å². The van der Waals surface area contributed by atoms with Crippen LogP contribution < -0.4 is 0 Å². The van der Waals surface area contributed by atoms with Crippen molar-refractivity contribution < 1.29 is 4.79 Å². The summed E-state index contributed by atoms with van der Waals surface area (Å²) in [6, 6.07) is 1.76. The van der Waals surface area contributed by atoms with Crippen LogP contribution in [0.1, 0.15) is 16.1 Å².